The number of rotatable bonds is 4. The second-order valence-corrected chi connectivity index (χ2v) is 4.55. The van der Waals surface area contributed by atoms with E-state index >= 15 is 0 Å². The largest absolute Gasteiger partial charge is 0.481 e. The lowest BCUT2D eigenvalue weighted by atomic mass is 10.2. The minimum Gasteiger partial charge on any atom is -0.481 e. The number of fused-ring (bicyclic) bond motifs is 1. The molecule has 0 aromatic rings. The molecule has 2 atom stereocenters. The first-order chi connectivity index (χ1) is 7.45. The van der Waals surface area contributed by atoms with E-state index in [0.29, 0.717) is 13.1 Å². The molecule has 2 aliphatic rings. The van der Waals surface area contributed by atoms with Crippen molar-refractivity contribution >= 4 is 17.8 Å². The predicted molar refractivity (Wildman–Crippen MR) is 53.4 cm³/mol. The van der Waals surface area contributed by atoms with E-state index in [0.717, 1.165) is 0 Å². The maximum Gasteiger partial charge on any atom is 0.308 e. The fourth-order valence-corrected chi connectivity index (χ4v) is 2.22. The van der Waals surface area contributed by atoms with Crippen LogP contribution < -0.4 is 0 Å². The molecule has 1 saturated heterocycles. The molecule has 2 fully saturated rings. The van der Waals surface area contributed by atoms with E-state index in [1.54, 1.807) is 0 Å². The molecule has 2 amide bonds. The lowest BCUT2D eigenvalue weighted by Gasteiger charge is -2.19. The summed E-state index contributed by atoms with van der Waals surface area (Å²) in [6, 6.07) is 0. The molecule has 0 bridgehead atoms. The number of nitrogens with zero attached hydrogens (tertiary/aromatic N) is 2. The van der Waals surface area contributed by atoms with Crippen LogP contribution >= 0.6 is 0 Å². The van der Waals surface area contributed by atoms with Gasteiger partial charge in [-0.25, -0.2) is 0 Å². The molecule has 6 heteroatoms. The normalized spacial score (nSPS) is 32.2. The highest BCUT2D eigenvalue weighted by Gasteiger charge is 2.70. The van der Waals surface area contributed by atoms with Gasteiger partial charge in [0.25, 0.3) is 0 Å². The maximum absolute atomic E-state index is 11.7. The molecule has 0 radical (unpaired) electrons. The molecule has 1 N–H and O–H groups in total. The van der Waals surface area contributed by atoms with Crippen LogP contribution in [0, 0.1) is 17.8 Å². The molecule has 88 valence electrons. The van der Waals surface area contributed by atoms with Gasteiger partial charge in [-0.1, -0.05) is 0 Å². The highest BCUT2D eigenvalue weighted by atomic mass is 16.4. The number of hydrogen-bond donors (Lipinski definition) is 1. The Labute approximate surface area is 92.8 Å². The zero-order valence-corrected chi connectivity index (χ0v) is 9.21. The molecule has 1 saturated carbocycles. The van der Waals surface area contributed by atoms with Gasteiger partial charge in [0, 0.05) is 13.1 Å². The zero-order chi connectivity index (χ0) is 12.0. The first-order valence-corrected chi connectivity index (χ1v) is 5.18. The van der Waals surface area contributed by atoms with Crippen molar-refractivity contribution < 1.29 is 19.5 Å². The SMILES string of the molecule is CN(C)CCN1C(=O)C2C(C(=O)O)C2C1=O. The number of carbonyl (C=O) groups is 3. The van der Waals surface area contributed by atoms with Crippen LogP contribution in [0.3, 0.4) is 0 Å². The Hall–Kier alpha value is -1.43. The van der Waals surface area contributed by atoms with Gasteiger partial charge in [-0.3, -0.25) is 19.3 Å². The highest BCUT2D eigenvalue weighted by Crippen LogP contribution is 2.53. The number of likely N-dealkylation sites (tertiary alicyclic amines) is 1. The standard InChI is InChI=1S/C10H14N2O4/c1-11(2)3-4-12-8(13)5-6(9(12)14)7(5)10(15)16/h5-7H,3-4H2,1-2H3,(H,15,16). The lowest BCUT2D eigenvalue weighted by Crippen LogP contribution is -2.40. The molecule has 2 unspecified atom stereocenters. The first-order valence-electron chi connectivity index (χ1n) is 5.18. The second-order valence-electron chi connectivity index (χ2n) is 4.55. The van der Waals surface area contributed by atoms with Crippen molar-refractivity contribution in [3.8, 4) is 0 Å². The van der Waals surface area contributed by atoms with E-state index in [9.17, 15) is 14.4 Å². The predicted octanol–water partition coefficient (Wildman–Crippen LogP) is -1.14. The van der Waals surface area contributed by atoms with Crippen LogP contribution in [0.5, 0.6) is 0 Å². The fourth-order valence-electron chi connectivity index (χ4n) is 2.22. The Morgan fingerprint density at radius 3 is 2.19 bits per heavy atom. The smallest absolute Gasteiger partial charge is 0.308 e. The molecular weight excluding hydrogens is 212 g/mol. The third-order valence-corrected chi connectivity index (χ3v) is 3.18. The minimum absolute atomic E-state index is 0.316. The molecule has 0 aromatic heterocycles. The number of imide groups is 1. The molecule has 2 rings (SSSR count). The van der Waals surface area contributed by atoms with Gasteiger partial charge in [-0.2, -0.15) is 0 Å². The van der Waals surface area contributed by atoms with Gasteiger partial charge in [0.1, 0.15) is 0 Å². The number of likely N-dealkylation sites (N-methyl/N-ethyl adjacent to an activating group) is 1. The average Bonchev–Trinajstić information content (AvgIpc) is 2.85. The number of carbonyl (C=O) groups excluding carboxylic acids is 2. The quantitative estimate of drug-likeness (QED) is 0.613. The third-order valence-electron chi connectivity index (χ3n) is 3.18. The van der Waals surface area contributed by atoms with Gasteiger partial charge in [-0.15, -0.1) is 0 Å². The van der Waals surface area contributed by atoms with Crippen molar-refractivity contribution in [3.63, 3.8) is 0 Å². The summed E-state index contributed by atoms with van der Waals surface area (Å²) in [5.74, 6) is -3.62. The second kappa shape index (κ2) is 3.55. The Balaban J connectivity index is 2.00. The minimum atomic E-state index is -1.04. The van der Waals surface area contributed by atoms with Gasteiger partial charge < -0.3 is 10.0 Å². The molecular formula is C10H14N2O4. The van der Waals surface area contributed by atoms with Gasteiger partial charge in [-0.05, 0) is 14.1 Å². The Morgan fingerprint density at radius 2 is 1.81 bits per heavy atom. The van der Waals surface area contributed by atoms with Crippen LogP contribution in [-0.4, -0.2) is 59.9 Å². The van der Waals surface area contributed by atoms with Gasteiger partial charge >= 0.3 is 5.97 Å². The zero-order valence-electron chi connectivity index (χ0n) is 9.21. The van der Waals surface area contributed by atoms with Crippen molar-refractivity contribution in [2.45, 2.75) is 0 Å². The summed E-state index contributed by atoms with van der Waals surface area (Å²) in [6.45, 7) is 0.957. The Bertz CT molecular complexity index is 344. The van der Waals surface area contributed by atoms with E-state index in [-0.39, 0.29) is 11.8 Å². The summed E-state index contributed by atoms with van der Waals surface area (Å²) in [7, 11) is 3.71. The fraction of sp³-hybridized carbons (Fsp3) is 0.700. The molecule has 1 heterocycles. The van der Waals surface area contributed by atoms with Crippen molar-refractivity contribution in [1.82, 2.24) is 9.80 Å². The Kier molecular flexibility index (Phi) is 2.46. The van der Waals surface area contributed by atoms with E-state index in [1.807, 2.05) is 19.0 Å². The number of amides is 2. The summed E-state index contributed by atoms with van der Waals surface area (Å²) >= 11 is 0. The molecule has 1 aliphatic heterocycles. The van der Waals surface area contributed by atoms with Gasteiger partial charge in [0.05, 0.1) is 17.8 Å². The number of carboxylic acid groups (broad SMARTS) is 1. The van der Waals surface area contributed by atoms with Crippen LogP contribution in [0.2, 0.25) is 0 Å². The topological polar surface area (TPSA) is 77.9 Å². The summed E-state index contributed by atoms with van der Waals surface area (Å²) < 4.78 is 0. The third kappa shape index (κ3) is 1.49. The number of hydrogen-bond acceptors (Lipinski definition) is 4. The molecule has 1 aliphatic carbocycles. The molecule has 0 spiro atoms. The van der Waals surface area contributed by atoms with Crippen LogP contribution in [0.15, 0.2) is 0 Å². The Morgan fingerprint density at radius 1 is 1.31 bits per heavy atom. The van der Waals surface area contributed by atoms with Crippen LogP contribution in [-0.2, 0) is 14.4 Å². The van der Waals surface area contributed by atoms with Crippen LogP contribution in [0.25, 0.3) is 0 Å². The first kappa shape index (κ1) is 11.1. The van der Waals surface area contributed by atoms with Crippen LogP contribution in [0.1, 0.15) is 0 Å². The number of aliphatic carboxylic acids is 1. The molecule has 16 heavy (non-hydrogen) atoms. The summed E-state index contributed by atoms with van der Waals surface area (Å²) in [6.07, 6.45) is 0. The van der Waals surface area contributed by atoms with E-state index in [4.69, 9.17) is 5.11 Å². The van der Waals surface area contributed by atoms with Crippen LogP contribution in [0.4, 0.5) is 0 Å². The van der Waals surface area contributed by atoms with Gasteiger partial charge in [0.15, 0.2) is 0 Å². The van der Waals surface area contributed by atoms with Crippen molar-refractivity contribution in [3.05, 3.63) is 0 Å². The van der Waals surface area contributed by atoms with Gasteiger partial charge in [0.2, 0.25) is 11.8 Å². The van der Waals surface area contributed by atoms with Crippen molar-refractivity contribution in [1.29, 1.82) is 0 Å². The van der Waals surface area contributed by atoms with E-state index in [2.05, 4.69) is 0 Å². The molecule has 0 aromatic carbocycles. The summed E-state index contributed by atoms with van der Waals surface area (Å²) in [5.41, 5.74) is 0. The maximum atomic E-state index is 11.7. The number of piperidine rings is 1. The van der Waals surface area contributed by atoms with E-state index in [1.165, 1.54) is 4.90 Å². The average molecular weight is 226 g/mol. The monoisotopic (exact) mass is 226 g/mol. The summed E-state index contributed by atoms with van der Waals surface area (Å²) in [5, 5.41) is 8.77. The van der Waals surface area contributed by atoms with Crippen molar-refractivity contribution in [2.24, 2.45) is 17.8 Å². The van der Waals surface area contributed by atoms with Crippen molar-refractivity contribution in [2.75, 3.05) is 27.2 Å². The highest BCUT2D eigenvalue weighted by molar-refractivity contribution is 6.13. The lowest BCUT2D eigenvalue weighted by molar-refractivity contribution is -0.148. The number of carboxylic acids is 1. The summed E-state index contributed by atoms with van der Waals surface area (Å²) in [4.78, 5) is 37.2. The molecule has 6 nitrogen and oxygen atoms in total. The van der Waals surface area contributed by atoms with E-state index < -0.39 is 23.7 Å².